The van der Waals surface area contributed by atoms with Gasteiger partial charge in [0.2, 0.25) is 0 Å². The monoisotopic (exact) mass is 283 g/mol. The van der Waals surface area contributed by atoms with Crippen molar-refractivity contribution < 1.29 is 4.42 Å². The summed E-state index contributed by atoms with van der Waals surface area (Å²) in [6, 6.07) is 11.5. The van der Waals surface area contributed by atoms with Gasteiger partial charge in [-0.25, -0.2) is 0 Å². The van der Waals surface area contributed by atoms with Crippen LogP contribution in [0.4, 0.5) is 0 Å². The first-order chi connectivity index (χ1) is 10.3. The van der Waals surface area contributed by atoms with E-state index in [1.165, 1.54) is 24.8 Å². The molecule has 2 aromatic rings. The molecule has 2 nitrogen and oxygen atoms in total. The lowest BCUT2D eigenvalue weighted by Crippen LogP contribution is -2.24. The quantitative estimate of drug-likeness (QED) is 0.856. The lowest BCUT2D eigenvalue weighted by molar-refractivity contribution is 0.419. The number of hydrogen-bond donors (Lipinski definition) is 1. The number of aryl methyl sites for hydroxylation is 2. The molecule has 3 rings (SSSR count). The fourth-order valence-corrected chi connectivity index (χ4v) is 3.71. The van der Waals surface area contributed by atoms with E-state index in [0.717, 1.165) is 18.7 Å². The summed E-state index contributed by atoms with van der Waals surface area (Å²) in [7, 11) is 0. The highest BCUT2D eigenvalue weighted by molar-refractivity contribution is 5.33. The first-order valence-electron chi connectivity index (χ1n) is 8.14. The summed E-state index contributed by atoms with van der Waals surface area (Å²) in [5, 5.41) is 3.64. The molecule has 1 aliphatic carbocycles. The van der Waals surface area contributed by atoms with Crippen LogP contribution in [-0.4, -0.2) is 6.54 Å². The second-order valence-corrected chi connectivity index (χ2v) is 6.07. The molecule has 21 heavy (non-hydrogen) atoms. The summed E-state index contributed by atoms with van der Waals surface area (Å²) in [6.07, 6.45) is 6.82. The van der Waals surface area contributed by atoms with Crippen molar-refractivity contribution in [1.29, 1.82) is 0 Å². The molecule has 0 saturated heterocycles. The predicted molar refractivity (Wildman–Crippen MR) is 86.6 cm³/mol. The van der Waals surface area contributed by atoms with Gasteiger partial charge in [-0.2, -0.15) is 0 Å². The van der Waals surface area contributed by atoms with Gasteiger partial charge in [-0.3, -0.25) is 0 Å². The normalized spacial score (nSPS) is 19.2. The molecule has 0 fully saturated rings. The van der Waals surface area contributed by atoms with Gasteiger partial charge in [-0.05, 0) is 62.3 Å². The van der Waals surface area contributed by atoms with E-state index in [2.05, 4.69) is 49.5 Å². The lowest BCUT2D eigenvalue weighted by Gasteiger charge is -2.29. The van der Waals surface area contributed by atoms with Gasteiger partial charge < -0.3 is 9.73 Å². The molecule has 1 aromatic heterocycles. The zero-order chi connectivity index (χ0) is 14.7. The van der Waals surface area contributed by atoms with E-state index >= 15 is 0 Å². The van der Waals surface area contributed by atoms with E-state index in [0.29, 0.717) is 12.0 Å². The highest BCUT2D eigenvalue weighted by Crippen LogP contribution is 2.38. The fraction of sp³-hybridized carbons (Fsp3) is 0.474. The molecule has 112 valence electrons. The van der Waals surface area contributed by atoms with Crippen molar-refractivity contribution in [2.75, 3.05) is 6.54 Å². The molecule has 2 unspecified atom stereocenters. The zero-order valence-corrected chi connectivity index (χ0v) is 13.1. The average Bonchev–Trinajstić information content (AvgIpc) is 2.93. The molecule has 1 heterocycles. The third kappa shape index (κ3) is 3.06. The Labute approximate surface area is 127 Å². The van der Waals surface area contributed by atoms with Crippen LogP contribution < -0.4 is 5.32 Å². The largest absolute Gasteiger partial charge is 0.469 e. The highest BCUT2D eigenvalue weighted by Gasteiger charge is 2.25. The number of benzene rings is 1. The van der Waals surface area contributed by atoms with E-state index in [-0.39, 0.29) is 0 Å². The maximum absolute atomic E-state index is 5.51. The van der Waals surface area contributed by atoms with Crippen LogP contribution in [0.15, 0.2) is 41.0 Å². The Kier molecular flexibility index (Phi) is 4.45. The maximum atomic E-state index is 5.51. The molecule has 1 N–H and O–H groups in total. The summed E-state index contributed by atoms with van der Waals surface area (Å²) in [4.78, 5) is 0. The number of furan rings is 1. The zero-order valence-electron chi connectivity index (χ0n) is 13.1. The summed E-state index contributed by atoms with van der Waals surface area (Å²) < 4.78 is 5.51. The molecular weight excluding hydrogens is 258 g/mol. The molecule has 0 saturated carbocycles. The van der Waals surface area contributed by atoms with Crippen LogP contribution >= 0.6 is 0 Å². The van der Waals surface area contributed by atoms with Gasteiger partial charge in [-0.15, -0.1) is 0 Å². The average molecular weight is 283 g/mol. The van der Waals surface area contributed by atoms with Crippen LogP contribution in [0.1, 0.15) is 60.6 Å². The minimum absolute atomic E-state index is 0.393. The first-order valence-corrected chi connectivity index (χ1v) is 8.14. The maximum Gasteiger partial charge on any atom is 0.105 e. The summed E-state index contributed by atoms with van der Waals surface area (Å²) in [6.45, 7) is 5.23. The van der Waals surface area contributed by atoms with Gasteiger partial charge in [-0.1, -0.05) is 31.2 Å². The van der Waals surface area contributed by atoms with Crippen molar-refractivity contribution in [3.8, 4) is 0 Å². The number of hydrogen-bond acceptors (Lipinski definition) is 2. The molecule has 2 atom stereocenters. The lowest BCUT2D eigenvalue weighted by atomic mass is 9.78. The van der Waals surface area contributed by atoms with Gasteiger partial charge in [0.15, 0.2) is 0 Å². The van der Waals surface area contributed by atoms with Crippen LogP contribution in [0.2, 0.25) is 0 Å². The van der Waals surface area contributed by atoms with Crippen molar-refractivity contribution in [2.45, 2.75) is 51.5 Å². The number of fused-ring (bicyclic) bond motifs is 1. The Hall–Kier alpha value is -1.54. The Balaban J connectivity index is 1.83. The van der Waals surface area contributed by atoms with Crippen LogP contribution in [0.3, 0.4) is 0 Å². The second kappa shape index (κ2) is 6.48. The van der Waals surface area contributed by atoms with Crippen LogP contribution in [0.25, 0.3) is 0 Å². The summed E-state index contributed by atoms with van der Waals surface area (Å²) in [5.41, 5.74) is 4.43. The van der Waals surface area contributed by atoms with Gasteiger partial charge in [0.05, 0.1) is 6.26 Å². The molecule has 1 aromatic carbocycles. The van der Waals surface area contributed by atoms with Gasteiger partial charge >= 0.3 is 0 Å². The standard InChI is InChI=1S/C19H25NO/c1-3-20-19(17-11-12-21-14(17)2)13-16-9-6-8-15-7-4-5-10-18(15)16/h4-5,7,10-12,16,19-20H,3,6,8-9,13H2,1-2H3. The Morgan fingerprint density at radius 2 is 2.14 bits per heavy atom. The summed E-state index contributed by atoms with van der Waals surface area (Å²) in [5.74, 6) is 1.71. The van der Waals surface area contributed by atoms with E-state index in [4.69, 9.17) is 4.42 Å². The minimum Gasteiger partial charge on any atom is -0.469 e. The highest BCUT2D eigenvalue weighted by atomic mass is 16.3. The Morgan fingerprint density at radius 1 is 1.29 bits per heavy atom. The molecule has 1 aliphatic rings. The van der Waals surface area contributed by atoms with Crippen molar-refractivity contribution in [3.63, 3.8) is 0 Å². The van der Waals surface area contributed by atoms with E-state index in [1.807, 2.05) is 6.26 Å². The van der Waals surface area contributed by atoms with Crippen molar-refractivity contribution >= 4 is 0 Å². The van der Waals surface area contributed by atoms with Crippen LogP contribution in [-0.2, 0) is 6.42 Å². The van der Waals surface area contributed by atoms with Crippen LogP contribution in [0, 0.1) is 6.92 Å². The topological polar surface area (TPSA) is 25.2 Å². The molecule has 0 amide bonds. The van der Waals surface area contributed by atoms with Gasteiger partial charge in [0.25, 0.3) is 0 Å². The van der Waals surface area contributed by atoms with Crippen molar-refractivity contribution in [2.24, 2.45) is 0 Å². The Morgan fingerprint density at radius 3 is 2.90 bits per heavy atom. The van der Waals surface area contributed by atoms with Crippen molar-refractivity contribution in [1.82, 2.24) is 5.32 Å². The minimum atomic E-state index is 0.393. The third-order valence-corrected chi connectivity index (χ3v) is 4.74. The molecule has 2 heteroatoms. The first kappa shape index (κ1) is 14.4. The number of rotatable bonds is 5. The van der Waals surface area contributed by atoms with Gasteiger partial charge in [0, 0.05) is 11.6 Å². The van der Waals surface area contributed by atoms with Crippen LogP contribution in [0.5, 0.6) is 0 Å². The number of nitrogens with one attached hydrogen (secondary N) is 1. The van der Waals surface area contributed by atoms with E-state index < -0.39 is 0 Å². The Bertz CT molecular complexity index is 587. The smallest absolute Gasteiger partial charge is 0.105 e. The SMILES string of the molecule is CCNC(CC1CCCc2ccccc21)c1ccoc1C. The molecule has 0 radical (unpaired) electrons. The molecule has 0 spiro atoms. The van der Waals surface area contributed by atoms with E-state index in [9.17, 15) is 0 Å². The molecule has 0 aliphatic heterocycles. The predicted octanol–water partition coefficient (Wildman–Crippen LogP) is 4.75. The molecule has 0 bridgehead atoms. The second-order valence-electron chi connectivity index (χ2n) is 6.07. The summed E-state index contributed by atoms with van der Waals surface area (Å²) >= 11 is 0. The molecular formula is C19H25NO. The van der Waals surface area contributed by atoms with Crippen molar-refractivity contribution in [3.05, 3.63) is 59.0 Å². The van der Waals surface area contributed by atoms with E-state index in [1.54, 1.807) is 11.1 Å². The third-order valence-electron chi connectivity index (χ3n) is 4.74. The fourth-order valence-electron chi connectivity index (χ4n) is 3.71. The van der Waals surface area contributed by atoms with Gasteiger partial charge in [0.1, 0.15) is 5.76 Å².